The molecule has 0 fully saturated rings. The molecule has 0 saturated carbocycles. The van der Waals surface area contributed by atoms with Crippen LogP contribution in [0.3, 0.4) is 0 Å². The first-order chi connectivity index (χ1) is 9.23. The van der Waals surface area contributed by atoms with E-state index in [0.717, 1.165) is 17.0 Å². The monoisotopic (exact) mass is 320 g/mol. The molecule has 0 aromatic carbocycles. The number of rotatable bonds is 8. The highest BCUT2D eigenvalue weighted by Gasteiger charge is 2.29. The molecule has 1 heterocycles. The quantitative estimate of drug-likeness (QED) is 0.767. The summed E-state index contributed by atoms with van der Waals surface area (Å²) in [5, 5.41) is 5.05. The molecule has 0 saturated heterocycles. The van der Waals surface area contributed by atoms with E-state index in [1.54, 1.807) is 21.0 Å². The predicted molar refractivity (Wildman–Crippen MR) is 82.7 cm³/mol. The van der Waals surface area contributed by atoms with Crippen LogP contribution in [-0.2, 0) is 21.3 Å². The molecule has 1 aromatic rings. The third-order valence-electron chi connectivity index (χ3n) is 2.71. The van der Waals surface area contributed by atoms with Crippen LogP contribution in [0.1, 0.15) is 31.2 Å². The van der Waals surface area contributed by atoms with Crippen molar-refractivity contribution >= 4 is 21.4 Å². The van der Waals surface area contributed by atoms with E-state index in [2.05, 4.69) is 10.0 Å². The van der Waals surface area contributed by atoms with Gasteiger partial charge in [-0.1, -0.05) is 6.92 Å². The maximum Gasteiger partial charge on any atom is 0.242 e. The second kappa shape index (κ2) is 7.00. The Hall–Kier alpha value is -0.470. The first kappa shape index (κ1) is 17.6. The Kier molecular flexibility index (Phi) is 6.15. The minimum absolute atomic E-state index is 0.317. The number of methoxy groups -OCH3 is 1. The average molecular weight is 320 g/mol. The fourth-order valence-corrected chi connectivity index (χ4v) is 5.20. The minimum atomic E-state index is -3.55. The molecule has 1 aromatic heterocycles. The molecule has 7 heteroatoms. The van der Waals surface area contributed by atoms with Gasteiger partial charge in [-0.25, -0.2) is 13.1 Å². The fourth-order valence-electron chi connectivity index (χ4n) is 2.01. The Morgan fingerprint density at radius 3 is 2.60 bits per heavy atom. The van der Waals surface area contributed by atoms with E-state index in [-0.39, 0.29) is 0 Å². The molecule has 0 aliphatic heterocycles. The molecule has 0 bridgehead atoms. The molecule has 0 spiro atoms. The van der Waals surface area contributed by atoms with Crippen molar-refractivity contribution in [1.29, 1.82) is 0 Å². The Morgan fingerprint density at radius 1 is 1.40 bits per heavy atom. The number of aryl methyl sites for hydroxylation is 1. The summed E-state index contributed by atoms with van der Waals surface area (Å²) in [7, 11) is -1.99. The van der Waals surface area contributed by atoms with Crippen molar-refractivity contribution in [2.24, 2.45) is 0 Å². The number of thiophene rings is 1. The first-order valence-corrected chi connectivity index (χ1v) is 8.90. The Balaban J connectivity index is 3.06. The van der Waals surface area contributed by atoms with E-state index in [4.69, 9.17) is 4.74 Å². The van der Waals surface area contributed by atoms with Crippen molar-refractivity contribution in [3.05, 3.63) is 15.8 Å². The second-order valence-corrected chi connectivity index (χ2v) is 7.96. The van der Waals surface area contributed by atoms with Gasteiger partial charge in [0.15, 0.2) is 0 Å². The number of hydrogen-bond acceptors (Lipinski definition) is 5. The van der Waals surface area contributed by atoms with E-state index in [9.17, 15) is 8.42 Å². The second-order valence-electron chi connectivity index (χ2n) is 5.37. The molecule has 20 heavy (non-hydrogen) atoms. The number of hydrogen-bond donors (Lipinski definition) is 2. The number of sulfonamides is 1. The molecular formula is C13H24N2O3S2. The smallest absolute Gasteiger partial charge is 0.242 e. The Morgan fingerprint density at radius 2 is 2.05 bits per heavy atom. The van der Waals surface area contributed by atoms with Gasteiger partial charge in [0.2, 0.25) is 10.0 Å². The van der Waals surface area contributed by atoms with E-state index in [1.807, 2.05) is 19.2 Å². The van der Waals surface area contributed by atoms with Gasteiger partial charge in [0.1, 0.15) is 4.90 Å². The molecule has 0 aliphatic carbocycles. The predicted octanol–water partition coefficient (Wildman–Crippen LogP) is 1.87. The highest BCUT2D eigenvalue weighted by atomic mass is 32.2. The van der Waals surface area contributed by atoms with E-state index < -0.39 is 15.6 Å². The van der Waals surface area contributed by atoms with Gasteiger partial charge in [0, 0.05) is 18.5 Å². The van der Waals surface area contributed by atoms with Gasteiger partial charge in [-0.15, -0.1) is 11.3 Å². The lowest BCUT2D eigenvalue weighted by atomic mass is 10.1. The van der Waals surface area contributed by atoms with Crippen LogP contribution in [0.2, 0.25) is 0 Å². The third-order valence-corrected chi connectivity index (χ3v) is 5.87. The summed E-state index contributed by atoms with van der Waals surface area (Å²) in [5.74, 6) is 0. The lowest BCUT2D eigenvalue weighted by Gasteiger charge is -2.25. The number of nitrogens with one attached hydrogen (secondary N) is 2. The lowest BCUT2D eigenvalue weighted by Crippen LogP contribution is -2.46. The van der Waals surface area contributed by atoms with Crippen LogP contribution in [0, 0.1) is 6.92 Å². The molecule has 116 valence electrons. The summed E-state index contributed by atoms with van der Waals surface area (Å²) in [6, 6.07) is 0. The van der Waals surface area contributed by atoms with Crippen molar-refractivity contribution in [3.8, 4) is 0 Å². The summed E-state index contributed by atoms with van der Waals surface area (Å²) in [5.41, 5.74) is 0.140. The van der Waals surface area contributed by atoms with Gasteiger partial charge >= 0.3 is 0 Å². The lowest BCUT2D eigenvalue weighted by molar-refractivity contribution is 0.141. The minimum Gasteiger partial charge on any atom is -0.383 e. The van der Waals surface area contributed by atoms with Crippen LogP contribution in [0.25, 0.3) is 0 Å². The van der Waals surface area contributed by atoms with Crippen LogP contribution in [0.15, 0.2) is 10.3 Å². The maximum absolute atomic E-state index is 12.6. The van der Waals surface area contributed by atoms with Crippen molar-refractivity contribution < 1.29 is 13.2 Å². The molecule has 0 amide bonds. The van der Waals surface area contributed by atoms with Crippen molar-refractivity contribution in [3.63, 3.8) is 0 Å². The van der Waals surface area contributed by atoms with Gasteiger partial charge < -0.3 is 10.1 Å². The fraction of sp³-hybridized carbons (Fsp3) is 0.692. The molecular weight excluding hydrogens is 296 g/mol. The van der Waals surface area contributed by atoms with E-state index in [0.29, 0.717) is 18.0 Å². The van der Waals surface area contributed by atoms with Crippen LogP contribution in [-0.4, -0.2) is 34.2 Å². The largest absolute Gasteiger partial charge is 0.383 e. The SMILES string of the molecule is CCNCc1scc(C)c1S(=O)(=O)NC(C)(C)COC. The first-order valence-electron chi connectivity index (χ1n) is 6.54. The van der Waals surface area contributed by atoms with E-state index >= 15 is 0 Å². The topological polar surface area (TPSA) is 67.4 Å². The van der Waals surface area contributed by atoms with Crippen LogP contribution >= 0.6 is 11.3 Å². The summed E-state index contributed by atoms with van der Waals surface area (Å²) >= 11 is 1.47. The zero-order valence-corrected chi connectivity index (χ0v) is 14.4. The summed E-state index contributed by atoms with van der Waals surface area (Å²) in [4.78, 5) is 1.23. The summed E-state index contributed by atoms with van der Waals surface area (Å²) in [6.07, 6.45) is 0. The Bertz CT molecular complexity index is 536. The van der Waals surface area contributed by atoms with Crippen LogP contribution in [0.5, 0.6) is 0 Å². The molecule has 2 N–H and O–H groups in total. The summed E-state index contributed by atoms with van der Waals surface area (Å²) < 4.78 is 33.0. The molecule has 0 radical (unpaired) electrons. The number of ether oxygens (including phenoxy) is 1. The highest BCUT2D eigenvalue weighted by Crippen LogP contribution is 2.27. The van der Waals surface area contributed by atoms with E-state index in [1.165, 1.54) is 11.3 Å². The van der Waals surface area contributed by atoms with Crippen LogP contribution in [0.4, 0.5) is 0 Å². The molecule has 0 unspecified atom stereocenters. The van der Waals surface area contributed by atoms with Gasteiger partial charge in [-0.05, 0) is 38.3 Å². The highest BCUT2D eigenvalue weighted by molar-refractivity contribution is 7.89. The normalized spacial score (nSPS) is 12.8. The standard InChI is InChI=1S/C13H24N2O3S2/c1-6-14-7-11-12(10(2)8-19-11)20(16,17)15-13(3,4)9-18-5/h8,14-15H,6-7,9H2,1-5H3. The van der Waals surface area contributed by atoms with Crippen LogP contribution < -0.4 is 10.0 Å². The van der Waals surface area contributed by atoms with Crippen molar-refractivity contribution in [2.75, 3.05) is 20.3 Å². The molecule has 1 rings (SSSR count). The third kappa shape index (κ3) is 4.53. The van der Waals surface area contributed by atoms with Crippen molar-refractivity contribution in [2.45, 2.75) is 44.7 Å². The van der Waals surface area contributed by atoms with Gasteiger partial charge in [-0.3, -0.25) is 0 Å². The summed E-state index contributed by atoms with van der Waals surface area (Å²) in [6.45, 7) is 9.12. The van der Waals surface area contributed by atoms with Gasteiger partial charge in [0.05, 0.1) is 12.1 Å². The average Bonchev–Trinajstić information content (AvgIpc) is 2.66. The van der Waals surface area contributed by atoms with Gasteiger partial charge in [-0.2, -0.15) is 0 Å². The zero-order chi connectivity index (χ0) is 15.4. The molecule has 5 nitrogen and oxygen atoms in total. The van der Waals surface area contributed by atoms with Gasteiger partial charge in [0.25, 0.3) is 0 Å². The molecule has 0 aliphatic rings. The van der Waals surface area contributed by atoms with Crippen molar-refractivity contribution in [1.82, 2.24) is 10.0 Å². The Labute approximate surface area is 125 Å². The maximum atomic E-state index is 12.6. The molecule has 0 atom stereocenters. The zero-order valence-electron chi connectivity index (χ0n) is 12.7.